The van der Waals surface area contributed by atoms with Crippen LogP contribution in [0.15, 0.2) is 17.5 Å². The molecule has 0 spiro atoms. The SMILES string of the molecule is Cc1cc(C(=O)Nc2sccc2C(=O)O)sc1C. The molecule has 4 nitrogen and oxygen atoms in total. The summed E-state index contributed by atoms with van der Waals surface area (Å²) >= 11 is 2.61. The number of rotatable bonds is 3. The molecule has 2 aromatic heterocycles. The number of anilines is 1. The molecule has 0 aliphatic heterocycles. The minimum atomic E-state index is -1.04. The third-order valence-electron chi connectivity index (χ3n) is 2.51. The first kappa shape index (κ1) is 12.8. The number of carboxylic acid groups (broad SMARTS) is 1. The van der Waals surface area contributed by atoms with Crippen molar-refractivity contribution in [1.82, 2.24) is 0 Å². The van der Waals surface area contributed by atoms with E-state index >= 15 is 0 Å². The molecule has 0 radical (unpaired) electrons. The molecular weight excluding hydrogens is 270 g/mol. The second-order valence-electron chi connectivity index (χ2n) is 3.77. The number of carbonyl (C=O) groups is 2. The molecule has 18 heavy (non-hydrogen) atoms. The average molecular weight is 281 g/mol. The van der Waals surface area contributed by atoms with Crippen molar-refractivity contribution < 1.29 is 14.7 Å². The van der Waals surface area contributed by atoms with Crippen LogP contribution in [-0.2, 0) is 0 Å². The fraction of sp³-hybridized carbons (Fsp3) is 0.167. The van der Waals surface area contributed by atoms with Crippen molar-refractivity contribution >= 4 is 39.6 Å². The molecule has 2 heterocycles. The van der Waals surface area contributed by atoms with Crippen molar-refractivity contribution in [3.8, 4) is 0 Å². The fourth-order valence-corrected chi connectivity index (χ4v) is 3.13. The Kier molecular flexibility index (Phi) is 3.49. The Hall–Kier alpha value is -1.66. The molecule has 0 unspecified atom stereocenters. The van der Waals surface area contributed by atoms with Gasteiger partial charge >= 0.3 is 5.97 Å². The molecule has 0 atom stereocenters. The molecule has 6 heteroatoms. The summed E-state index contributed by atoms with van der Waals surface area (Å²) in [5.74, 6) is -1.30. The molecule has 0 aromatic carbocycles. The fourth-order valence-electron chi connectivity index (χ4n) is 1.42. The molecule has 2 aromatic rings. The molecule has 2 N–H and O–H groups in total. The van der Waals surface area contributed by atoms with Gasteiger partial charge in [-0.15, -0.1) is 22.7 Å². The van der Waals surface area contributed by atoms with Crippen LogP contribution in [0.4, 0.5) is 5.00 Å². The third-order valence-corrected chi connectivity index (χ3v) is 4.49. The number of thiophene rings is 2. The van der Waals surface area contributed by atoms with Crippen LogP contribution in [-0.4, -0.2) is 17.0 Å². The van der Waals surface area contributed by atoms with Crippen molar-refractivity contribution in [2.45, 2.75) is 13.8 Å². The maximum atomic E-state index is 12.0. The summed E-state index contributed by atoms with van der Waals surface area (Å²) in [7, 11) is 0. The van der Waals surface area contributed by atoms with Gasteiger partial charge in [0.15, 0.2) is 0 Å². The summed E-state index contributed by atoms with van der Waals surface area (Å²) in [5.41, 5.74) is 1.19. The molecule has 0 aliphatic rings. The van der Waals surface area contributed by atoms with Gasteiger partial charge in [-0.3, -0.25) is 4.79 Å². The van der Waals surface area contributed by atoms with Crippen molar-refractivity contribution in [3.05, 3.63) is 38.4 Å². The summed E-state index contributed by atoms with van der Waals surface area (Å²) in [6.07, 6.45) is 0. The smallest absolute Gasteiger partial charge is 0.338 e. The van der Waals surface area contributed by atoms with E-state index in [9.17, 15) is 9.59 Å². The Labute approximate surface area is 112 Å². The largest absolute Gasteiger partial charge is 0.478 e. The number of amides is 1. The highest BCUT2D eigenvalue weighted by atomic mass is 32.1. The van der Waals surface area contributed by atoms with Crippen LogP contribution in [0, 0.1) is 13.8 Å². The Morgan fingerprint density at radius 2 is 2.06 bits per heavy atom. The van der Waals surface area contributed by atoms with Crippen molar-refractivity contribution in [3.63, 3.8) is 0 Å². The van der Waals surface area contributed by atoms with Crippen LogP contribution in [0.3, 0.4) is 0 Å². The van der Waals surface area contributed by atoms with E-state index in [1.165, 1.54) is 28.7 Å². The van der Waals surface area contributed by atoms with Gasteiger partial charge in [-0.25, -0.2) is 4.79 Å². The standard InChI is InChI=1S/C12H11NO3S2/c1-6-5-9(18-7(6)2)10(14)13-11-8(12(15)16)3-4-17-11/h3-5H,1-2H3,(H,13,14)(H,15,16). The molecular formula is C12H11NO3S2. The minimum Gasteiger partial charge on any atom is -0.478 e. The highest BCUT2D eigenvalue weighted by Gasteiger charge is 2.16. The maximum absolute atomic E-state index is 12.0. The Morgan fingerprint density at radius 1 is 1.33 bits per heavy atom. The topological polar surface area (TPSA) is 66.4 Å². The molecule has 0 fully saturated rings. The minimum absolute atomic E-state index is 0.123. The molecule has 2 rings (SSSR count). The van der Waals surface area contributed by atoms with Gasteiger partial charge in [0.1, 0.15) is 5.00 Å². The zero-order chi connectivity index (χ0) is 13.3. The number of nitrogens with one attached hydrogen (secondary N) is 1. The summed E-state index contributed by atoms with van der Waals surface area (Å²) in [4.78, 5) is 24.6. The summed E-state index contributed by atoms with van der Waals surface area (Å²) in [5, 5.41) is 13.6. The lowest BCUT2D eigenvalue weighted by atomic mass is 10.3. The van der Waals surface area contributed by atoms with Gasteiger partial charge in [0.25, 0.3) is 5.91 Å². The number of aryl methyl sites for hydroxylation is 2. The average Bonchev–Trinajstić information content (AvgIpc) is 2.87. The number of hydrogen-bond acceptors (Lipinski definition) is 4. The zero-order valence-electron chi connectivity index (χ0n) is 9.81. The lowest BCUT2D eigenvalue weighted by molar-refractivity contribution is 0.0698. The van der Waals surface area contributed by atoms with E-state index < -0.39 is 5.97 Å². The predicted octanol–water partition coefficient (Wildman–Crippen LogP) is 3.38. The van der Waals surface area contributed by atoms with Gasteiger partial charge in [0.05, 0.1) is 10.4 Å². The van der Waals surface area contributed by atoms with E-state index in [4.69, 9.17) is 5.11 Å². The zero-order valence-corrected chi connectivity index (χ0v) is 11.4. The first-order chi connectivity index (χ1) is 8.49. The van der Waals surface area contributed by atoms with Crippen molar-refractivity contribution in [1.29, 1.82) is 0 Å². The van der Waals surface area contributed by atoms with Gasteiger partial charge in [0, 0.05) is 4.88 Å². The molecule has 0 saturated heterocycles. The summed E-state index contributed by atoms with van der Waals surface area (Å²) < 4.78 is 0. The first-order valence-corrected chi connectivity index (χ1v) is 6.88. The highest BCUT2D eigenvalue weighted by Crippen LogP contribution is 2.26. The molecule has 94 valence electrons. The number of carbonyl (C=O) groups excluding carboxylic acids is 1. The lowest BCUT2D eigenvalue weighted by Crippen LogP contribution is -2.11. The van der Waals surface area contributed by atoms with E-state index in [2.05, 4.69) is 5.32 Å². The summed E-state index contributed by atoms with van der Waals surface area (Å²) in [6, 6.07) is 3.29. The van der Waals surface area contributed by atoms with Gasteiger partial charge in [-0.1, -0.05) is 0 Å². The van der Waals surface area contributed by atoms with E-state index in [0.29, 0.717) is 9.88 Å². The van der Waals surface area contributed by atoms with Gasteiger partial charge in [0.2, 0.25) is 0 Å². The maximum Gasteiger partial charge on any atom is 0.338 e. The van der Waals surface area contributed by atoms with Gasteiger partial charge in [-0.05, 0) is 36.9 Å². The molecule has 0 aliphatic carbocycles. The van der Waals surface area contributed by atoms with Crippen molar-refractivity contribution in [2.24, 2.45) is 0 Å². The second kappa shape index (κ2) is 4.91. The van der Waals surface area contributed by atoms with Crippen molar-refractivity contribution in [2.75, 3.05) is 5.32 Å². The number of hydrogen-bond donors (Lipinski definition) is 2. The highest BCUT2D eigenvalue weighted by molar-refractivity contribution is 7.15. The third kappa shape index (κ3) is 2.44. The van der Waals surface area contributed by atoms with Crippen LogP contribution in [0.2, 0.25) is 0 Å². The Bertz CT molecular complexity index is 593. The monoisotopic (exact) mass is 281 g/mol. The van der Waals surface area contributed by atoms with Crippen LogP contribution < -0.4 is 5.32 Å². The van der Waals surface area contributed by atoms with Gasteiger partial charge in [-0.2, -0.15) is 0 Å². The van der Waals surface area contributed by atoms with Crippen LogP contribution >= 0.6 is 22.7 Å². The normalized spacial score (nSPS) is 10.3. The predicted molar refractivity (Wildman–Crippen MR) is 73.0 cm³/mol. The van der Waals surface area contributed by atoms with E-state index in [-0.39, 0.29) is 11.5 Å². The number of aromatic carboxylic acids is 1. The molecule has 0 saturated carbocycles. The van der Waals surface area contributed by atoms with E-state index in [1.54, 1.807) is 5.38 Å². The lowest BCUT2D eigenvalue weighted by Gasteiger charge is -2.01. The molecule has 1 amide bonds. The number of carboxylic acids is 1. The van der Waals surface area contributed by atoms with Crippen LogP contribution in [0.5, 0.6) is 0 Å². The Balaban J connectivity index is 2.21. The quantitative estimate of drug-likeness (QED) is 0.906. The van der Waals surface area contributed by atoms with E-state index in [0.717, 1.165) is 10.4 Å². The van der Waals surface area contributed by atoms with E-state index in [1.807, 2.05) is 19.9 Å². The first-order valence-electron chi connectivity index (χ1n) is 5.18. The van der Waals surface area contributed by atoms with Crippen LogP contribution in [0.25, 0.3) is 0 Å². The second-order valence-corrected chi connectivity index (χ2v) is 5.94. The summed E-state index contributed by atoms with van der Waals surface area (Å²) in [6.45, 7) is 3.89. The van der Waals surface area contributed by atoms with Crippen LogP contribution in [0.1, 0.15) is 30.5 Å². The van der Waals surface area contributed by atoms with Gasteiger partial charge < -0.3 is 10.4 Å². The Morgan fingerprint density at radius 3 is 2.61 bits per heavy atom. The molecule has 0 bridgehead atoms.